The molecule has 0 aliphatic heterocycles. The summed E-state index contributed by atoms with van der Waals surface area (Å²) in [4.78, 5) is 12.0. The summed E-state index contributed by atoms with van der Waals surface area (Å²) in [6, 6.07) is 16.7. The molecule has 2 aromatic carbocycles. The van der Waals surface area contributed by atoms with E-state index in [4.69, 9.17) is 0 Å². The van der Waals surface area contributed by atoms with Crippen LogP contribution in [0.5, 0.6) is 0 Å². The van der Waals surface area contributed by atoms with E-state index in [0.717, 1.165) is 5.39 Å². The first-order valence-electron chi connectivity index (χ1n) is 7.05. The van der Waals surface area contributed by atoms with Crippen LogP contribution in [0, 0.1) is 0 Å². The summed E-state index contributed by atoms with van der Waals surface area (Å²) in [5.41, 5.74) is 1.05. The second-order valence-electron chi connectivity index (χ2n) is 5.26. The van der Waals surface area contributed by atoms with Gasteiger partial charge in [0, 0.05) is 20.2 Å². The molecule has 6 heteroatoms. The van der Waals surface area contributed by atoms with Gasteiger partial charge in [-0.25, -0.2) is 8.42 Å². The lowest BCUT2D eigenvalue weighted by atomic mass is 10.2. The molecule has 0 unspecified atom stereocenters. The summed E-state index contributed by atoms with van der Waals surface area (Å²) in [6.45, 7) is 0. The number of pyridine rings is 1. The number of nitrogens with zero attached hydrogens (tertiary/aromatic N) is 2. The van der Waals surface area contributed by atoms with E-state index in [-0.39, 0.29) is 10.5 Å². The monoisotopic (exact) mass is 328 g/mol. The minimum absolute atomic E-state index is 0.136. The van der Waals surface area contributed by atoms with Gasteiger partial charge in [-0.1, -0.05) is 24.3 Å². The van der Waals surface area contributed by atoms with Crippen LogP contribution in [0.25, 0.3) is 10.9 Å². The molecule has 0 fully saturated rings. The van der Waals surface area contributed by atoms with Gasteiger partial charge in [0.2, 0.25) is 0 Å². The van der Waals surface area contributed by atoms with Gasteiger partial charge in [-0.05, 0) is 35.7 Å². The van der Waals surface area contributed by atoms with Gasteiger partial charge in [0.15, 0.2) is 0 Å². The maximum Gasteiger partial charge on any atom is 0.264 e. The molecule has 0 radical (unpaired) electrons. The van der Waals surface area contributed by atoms with E-state index in [1.54, 1.807) is 61.6 Å². The third-order valence-corrected chi connectivity index (χ3v) is 5.68. The third-order valence-electron chi connectivity index (χ3n) is 3.88. The van der Waals surface area contributed by atoms with Crippen LogP contribution in [-0.2, 0) is 17.1 Å². The highest BCUT2D eigenvalue weighted by atomic mass is 32.2. The van der Waals surface area contributed by atoms with Crippen molar-refractivity contribution in [3.8, 4) is 0 Å². The molecule has 0 atom stereocenters. The number of fused-ring (bicyclic) bond motifs is 1. The maximum atomic E-state index is 12.7. The summed E-state index contributed by atoms with van der Waals surface area (Å²) in [5.74, 6) is 0. The Hall–Kier alpha value is -2.60. The molecular formula is C17H16N2O3S. The number of aryl methyl sites for hydroxylation is 1. The molecular weight excluding hydrogens is 312 g/mol. The molecule has 23 heavy (non-hydrogen) atoms. The molecule has 0 N–H and O–H groups in total. The zero-order chi connectivity index (χ0) is 16.6. The SMILES string of the molecule is CN(c1ccc2ccc(=O)n(C)c2c1)S(=O)(=O)c1ccccc1. The van der Waals surface area contributed by atoms with Crippen molar-refractivity contribution in [2.75, 3.05) is 11.4 Å². The Morgan fingerprint density at radius 2 is 1.61 bits per heavy atom. The zero-order valence-electron chi connectivity index (χ0n) is 12.8. The first kappa shape index (κ1) is 15.3. The topological polar surface area (TPSA) is 59.4 Å². The highest BCUT2D eigenvalue weighted by Crippen LogP contribution is 2.25. The number of benzene rings is 2. The van der Waals surface area contributed by atoms with Crippen molar-refractivity contribution >= 4 is 26.6 Å². The second kappa shape index (κ2) is 5.55. The lowest BCUT2D eigenvalue weighted by molar-refractivity contribution is 0.594. The van der Waals surface area contributed by atoms with Gasteiger partial charge in [0.1, 0.15) is 0 Å². The van der Waals surface area contributed by atoms with Crippen molar-refractivity contribution in [2.45, 2.75) is 4.90 Å². The fourth-order valence-electron chi connectivity index (χ4n) is 2.44. The molecule has 0 amide bonds. The summed E-state index contributed by atoms with van der Waals surface area (Å²) >= 11 is 0. The lowest BCUT2D eigenvalue weighted by Gasteiger charge is -2.20. The van der Waals surface area contributed by atoms with E-state index in [0.29, 0.717) is 11.2 Å². The molecule has 0 spiro atoms. The molecule has 1 heterocycles. The van der Waals surface area contributed by atoms with Gasteiger partial charge >= 0.3 is 0 Å². The molecule has 0 aliphatic carbocycles. The predicted octanol–water partition coefficient (Wildman–Crippen LogP) is 2.36. The van der Waals surface area contributed by atoms with Crippen LogP contribution < -0.4 is 9.86 Å². The van der Waals surface area contributed by atoms with Gasteiger partial charge in [-0.3, -0.25) is 9.10 Å². The molecule has 0 saturated heterocycles. The fourth-order valence-corrected chi connectivity index (χ4v) is 3.65. The van der Waals surface area contributed by atoms with E-state index < -0.39 is 10.0 Å². The third kappa shape index (κ3) is 2.61. The quantitative estimate of drug-likeness (QED) is 0.741. The summed E-state index contributed by atoms with van der Waals surface area (Å²) in [7, 11) is -0.466. The standard InChI is InChI=1S/C17H16N2O3S/c1-18-16-12-14(10-8-13(16)9-11-17(18)20)19(2)23(21,22)15-6-4-3-5-7-15/h3-12H,1-2H3. The Kier molecular flexibility index (Phi) is 3.69. The number of sulfonamides is 1. The lowest BCUT2D eigenvalue weighted by Crippen LogP contribution is -2.26. The van der Waals surface area contributed by atoms with Crippen molar-refractivity contribution in [3.05, 3.63) is 71.0 Å². The zero-order valence-corrected chi connectivity index (χ0v) is 13.6. The van der Waals surface area contributed by atoms with Gasteiger partial charge in [0.25, 0.3) is 15.6 Å². The molecule has 0 aliphatic rings. The molecule has 0 saturated carbocycles. The van der Waals surface area contributed by atoms with Crippen molar-refractivity contribution in [2.24, 2.45) is 7.05 Å². The van der Waals surface area contributed by atoms with E-state index >= 15 is 0 Å². The number of anilines is 1. The molecule has 3 rings (SSSR count). The van der Waals surface area contributed by atoms with Gasteiger partial charge in [-0.15, -0.1) is 0 Å². The molecule has 5 nitrogen and oxygen atoms in total. The van der Waals surface area contributed by atoms with Crippen molar-refractivity contribution in [3.63, 3.8) is 0 Å². The van der Waals surface area contributed by atoms with Gasteiger partial charge in [0.05, 0.1) is 16.1 Å². The number of rotatable bonds is 3. The Bertz CT molecular complexity index is 1020. The normalized spacial score (nSPS) is 11.6. The van der Waals surface area contributed by atoms with E-state index in [9.17, 15) is 13.2 Å². The molecule has 3 aromatic rings. The highest BCUT2D eigenvalue weighted by Gasteiger charge is 2.21. The number of hydrogen-bond acceptors (Lipinski definition) is 3. The Labute approximate surface area is 134 Å². The predicted molar refractivity (Wildman–Crippen MR) is 91.2 cm³/mol. The van der Waals surface area contributed by atoms with E-state index in [2.05, 4.69) is 0 Å². The van der Waals surface area contributed by atoms with Crippen molar-refractivity contribution in [1.82, 2.24) is 4.57 Å². The van der Waals surface area contributed by atoms with Gasteiger partial charge in [-0.2, -0.15) is 0 Å². The summed E-state index contributed by atoms with van der Waals surface area (Å²) in [6.07, 6.45) is 0. The van der Waals surface area contributed by atoms with Crippen LogP contribution in [0.3, 0.4) is 0 Å². The Morgan fingerprint density at radius 1 is 0.957 bits per heavy atom. The van der Waals surface area contributed by atoms with Crippen LogP contribution in [0.1, 0.15) is 0 Å². The molecule has 118 valence electrons. The largest absolute Gasteiger partial charge is 0.311 e. The maximum absolute atomic E-state index is 12.7. The van der Waals surface area contributed by atoms with Crippen LogP contribution in [0.15, 0.2) is 70.4 Å². The van der Waals surface area contributed by atoms with Crippen LogP contribution >= 0.6 is 0 Å². The average Bonchev–Trinajstić information content (AvgIpc) is 2.58. The average molecular weight is 328 g/mol. The van der Waals surface area contributed by atoms with E-state index in [1.165, 1.54) is 22.0 Å². The van der Waals surface area contributed by atoms with Crippen molar-refractivity contribution < 1.29 is 8.42 Å². The van der Waals surface area contributed by atoms with Crippen LogP contribution in [-0.4, -0.2) is 20.0 Å². The Morgan fingerprint density at radius 3 is 2.30 bits per heavy atom. The van der Waals surface area contributed by atoms with Crippen LogP contribution in [0.4, 0.5) is 5.69 Å². The summed E-state index contributed by atoms with van der Waals surface area (Å²) < 4.78 is 28.1. The number of aromatic nitrogens is 1. The Balaban J connectivity index is 2.13. The first-order chi connectivity index (χ1) is 10.9. The van der Waals surface area contributed by atoms with Gasteiger partial charge < -0.3 is 4.57 Å². The van der Waals surface area contributed by atoms with Crippen molar-refractivity contribution in [1.29, 1.82) is 0 Å². The van der Waals surface area contributed by atoms with E-state index in [1.807, 2.05) is 0 Å². The fraction of sp³-hybridized carbons (Fsp3) is 0.118. The number of hydrogen-bond donors (Lipinski definition) is 0. The molecule has 1 aromatic heterocycles. The summed E-state index contributed by atoms with van der Waals surface area (Å²) in [5, 5.41) is 0.876. The minimum Gasteiger partial charge on any atom is -0.311 e. The van der Waals surface area contributed by atoms with Crippen LogP contribution in [0.2, 0.25) is 0 Å². The molecule has 0 bridgehead atoms. The highest BCUT2D eigenvalue weighted by molar-refractivity contribution is 7.92. The first-order valence-corrected chi connectivity index (χ1v) is 8.49. The second-order valence-corrected chi connectivity index (χ2v) is 7.23. The smallest absolute Gasteiger partial charge is 0.264 e. The minimum atomic E-state index is -3.64.